The standard InChI is InChI=1S/C41H27F12P2.C5H5.7CO.Fe.3Ru.S.2H/c1-25(34-16-10-17-35(34)36-15-8-9-18-37(36)55(30-11-4-2-5-12-30)31-13-6-3-7-14-31)54(32-21-26(38(42,43)44)19-27(22-32)39(45,46)47)33-23-28(40(48,49)50)20-29(24-33)41(51,52)53;1-2-4-5-3-1;7*1-2;;;;;;;/h2-25H,1H3;1-5H;;;;;;;;;;;;;;/q2*-1;;;;;;;;+2;2*+1;+2;-2;2*-1/t25-;;;;;;;;;;;;;;;/m1.............../s1. The van der Waals surface area contributed by atoms with E-state index < -0.39 is 79.1 Å². The van der Waals surface area contributed by atoms with E-state index in [1.54, 1.807) is 24.3 Å². The third kappa shape index (κ3) is 27.4. The Labute approximate surface area is 508 Å². The summed E-state index contributed by atoms with van der Waals surface area (Å²) in [5.74, 6) is 0. The fourth-order valence-corrected chi connectivity index (χ4v) is 12.0. The van der Waals surface area contributed by atoms with Gasteiger partial charge >= 0.3 is 179 Å². The third-order valence-electron chi connectivity index (χ3n) is 9.41. The van der Waals surface area contributed by atoms with Crippen LogP contribution in [0, 0.1) is 46.6 Å². The maximum atomic E-state index is 14.1. The van der Waals surface area contributed by atoms with Crippen LogP contribution in [0.3, 0.4) is 0 Å². The monoisotopic (exact) mass is 1470 g/mol. The van der Waals surface area contributed by atoms with E-state index in [1.807, 2.05) is 103 Å². The molecule has 7 aromatic carbocycles. The topological polar surface area (TPSA) is 139 Å². The normalized spacial score (nSPS) is 10.0. The van der Waals surface area contributed by atoms with Crippen LogP contribution >= 0.6 is 15.8 Å². The molecule has 0 amide bonds. The van der Waals surface area contributed by atoms with Crippen molar-refractivity contribution < 1.29 is 164 Å². The van der Waals surface area contributed by atoms with Crippen molar-refractivity contribution in [3.05, 3.63) is 244 Å². The zero-order valence-electron chi connectivity index (χ0n) is 41.4. The molecule has 0 saturated carbocycles. The molecule has 1 atom stereocenters. The summed E-state index contributed by atoms with van der Waals surface area (Å²) in [6.07, 6.45) is -21.3. The van der Waals surface area contributed by atoms with E-state index in [9.17, 15) is 52.7 Å². The molecule has 0 unspecified atom stereocenters. The second kappa shape index (κ2) is 45.4. The van der Waals surface area contributed by atoms with Crippen LogP contribution in [0.1, 0.15) is 43.3 Å². The van der Waals surface area contributed by atoms with Gasteiger partial charge in [0.15, 0.2) is 0 Å². The molecule has 0 spiro atoms. The Bertz CT molecular complexity index is 2630. The molecule has 420 valence electrons. The number of benzene rings is 5. The molecule has 0 N–H and O–H groups in total. The van der Waals surface area contributed by atoms with Crippen LogP contribution in [0.4, 0.5) is 52.7 Å². The van der Waals surface area contributed by atoms with Gasteiger partial charge in [0, 0.05) is 0 Å². The first-order valence-electron chi connectivity index (χ1n) is 19.5. The predicted octanol–water partition coefficient (Wildman–Crippen LogP) is 13.5. The molecule has 7 rings (SSSR count). The Kier molecular flexibility index (Phi) is 50.9. The van der Waals surface area contributed by atoms with Crippen molar-refractivity contribution in [3.63, 3.8) is 0 Å². The van der Waals surface area contributed by atoms with E-state index in [0.29, 0.717) is 41.0 Å². The smallest absolute Gasteiger partial charge is 2.00 e. The largest absolute Gasteiger partial charge is 2.00 e. The first kappa shape index (κ1) is 88.6. The Morgan fingerprint density at radius 1 is 0.443 bits per heavy atom. The molecule has 7 nitrogen and oxygen atoms in total. The van der Waals surface area contributed by atoms with E-state index in [2.05, 4.69) is 46.6 Å². The quantitative estimate of drug-likeness (QED) is 0.0470. The number of rotatable bonds is 8. The summed E-state index contributed by atoms with van der Waals surface area (Å²) in [6, 6.07) is 42.2. The van der Waals surface area contributed by atoms with Gasteiger partial charge in [-0.3, -0.25) is 0 Å². The number of alkyl halides is 12. The van der Waals surface area contributed by atoms with Crippen LogP contribution in [0.5, 0.6) is 0 Å². The van der Waals surface area contributed by atoms with Gasteiger partial charge in [0.05, 0.1) is 22.3 Å². The summed E-state index contributed by atoms with van der Waals surface area (Å²) in [7, 11) is -4.10. The van der Waals surface area contributed by atoms with Gasteiger partial charge in [-0.05, 0) is 79.1 Å². The minimum atomic E-state index is -5.33. The third-order valence-corrected chi connectivity index (χ3v) is 14.6. The van der Waals surface area contributed by atoms with E-state index >= 15 is 0 Å². The van der Waals surface area contributed by atoms with Crippen molar-refractivity contribution in [1.82, 2.24) is 0 Å². The maximum absolute atomic E-state index is 14.1. The van der Waals surface area contributed by atoms with Crippen molar-refractivity contribution in [3.8, 4) is 11.1 Å². The number of halogens is 12. The predicted molar refractivity (Wildman–Crippen MR) is 253 cm³/mol. The second-order valence-electron chi connectivity index (χ2n) is 13.5. The number of hydrogen-bond donors (Lipinski definition) is 0. The SMILES string of the molecule is C[C@H](c1ccc[c-]1-c1ccccc1P(c1ccccc1)c1ccccc1)P(c1cc(C(F)(F)F)cc(C(F)(F)F)c1)c1cc(C(F)(F)F)cc(C(F)(F)F)c1.[C-]#[O+].[C-]#[O+].[C-]#[O+].[C-]#[O+].[C-]#[O+].[C-]#[O+].[C-]#[O+].[Fe+2].[H-].[H-].[Ru+2].[Ru+].[Ru+].[S-2].c1cc[cH-]c1. The zero-order chi connectivity index (χ0) is 57.5. The van der Waals surface area contributed by atoms with Gasteiger partial charge in [0.25, 0.3) is 0 Å². The number of hydrogen-bond acceptors (Lipinski definition) is 0. The molecule has 7 aromatic rings. The fraction of sp³-hybridized carbons (Fsp3) is 0.113. The van der Waals surface area contributed by atoms with Gasteiger partial charge < -0.3 is 16.3 Å². The molecule has 0 fully saturated rings. The molecule has 0 aliphatic heterocycles. The Morgan fingerprint density at radius 3 is 1.04 bits per heavy atom. The molecule has 0 aliphatic rings. The molecule has 0 bridgehead atoms. The van der Waals surface area contributed by atoms with Gasteiger partial charge in [-0.15, -0.1) is 29.3 Å². The van der Waals surface area contributed by atoms with Gasteiger partial charge in [-0.25, -0.2) is 12.1 Å². The zero-order valence-corrected chi connectivity index (χ0v) is 48.3. The Morgan fingerprint density at radius 2 is 0.747 bits per heavy atom. The van der Waals surface area contributed by atoms with Crippen molar-refractivity contribution in [2.24, 2.45) is 0 Å². The molecule has 0 aliphatic carbocycles. The van der Waals surface area contributed by atoms with Crippen LogP contribution < -0.4 is 26.5 Å². The van der Waals surface area contributed by atoms with E-state index in [-0.39, 0.29) is 104 Å². The van der Waals surface area contributed by atoms with Crippen LogP contribution in [0.25, 0.3) is 11.1 Å². The summed E-state index contributed by atoms with van der Waals surface area (Å²) in [6.45, 7) is 32.9. The van der Waals surface area contributed by atoms with E-state index in [4.69, 9.17) is 32.6 Å². The molecule has 79 heavy (non-hydrogen) atoms. The Balaban J connectivity index is -0.000000253. The molecule has 2 radical (unpaired) electrons. The maximum Gasteiger partial charge on any atom is 2.00 e. The summed E-state index contributed by atoms with van der Waals surface area (Å²) in [4.78, 5) is 0. The first-order chi connectivity index (χ1) is 35.2. The molecule has 0 saturated heterocycles. The van der Waals surface area contributed by atoms with Gasteiger partial charge in [-0.2, -0.15) is 77.0 Å². The van der Waals surface area contributed by atoms with E-state index in [1.165, 1.54) is 13.0 Å². The average molecular weight is 1460 g/mol. The summed E-state index contributed by atoms with van der Waals surface area (Å²) in [5, 5.41) is 1.32. The van der Waals surface area contributed by atoms with Crippen molar-refractivity contribution in [1.29, 1.82) is 0 Å². The second-order valence-corrected chi connectivity index (χ2v) is 18.2. The fourth-order valence-electron chi connectivity index (χ4n) is 6.73. The molecule has 0 aromatic heterocycles. The van der Waals surface area contributed by atoms with Crippen LogP contribution in [-0.2, 0) is 146 Å². The summed E-state index contributed by atoms with van der Waals surface area (Å²) >= 11 is 0. The first-order valence-corrected chi connectivity index (χ1v) is 22.2. The van der Waals surface area contributed by atoms with Crippen LogP contribution in [-0.4, -0.2) is 0 Å². The summed E-state index contributed by atoms with van der Waals surface area (Å²) in [5.41, 5.74) is -6.78. The average Bonchev–Trinajstić information content (AvgIpc) is 4.18. The molecule has 0 heterocycles. The van der Waals surface area contributed by atoms with Gasteiger partial charge in [-0.1, -0.05) is 96.7 Å². The molecular weight excluding hydrogens is 1430 g/mol. The minimum Gasteiger partial charge on any atom is -2.00 e. The summed E-state index contributed by atoms with van der Waals surface area (Å²) < 4.78 is 222. The molecule has 26 heteroatoms. The van der Waals surface area contributed by atoms with Gasteiger partial charge in [0.1, 0.15) is 0 Å². The van der Waals surface area contributed by atoms with Crippen molar-refractivity contribution in [2.45, 2.75) is 37.3 Å². The van der Waals surface area contributed by atoms with Crippen molar-refractivity contribution in [2.75, 3.05) is 0 Å². The van der Waals surface area contributed by atoms with E-state index in [0.717, 1.165) is 15.9 Å². The van der Waals surface area contributed by atoms with Crippen molar-refractivity contribution >= 4 is 55.9 Å². The Hall–Kier alpha value is -4.26. The van der Waals surface area contributed by atoms with Gasteiger partial charge in [0.2, 0.25) is 0 Å². The van der Waals surface area contributed by atoms with Crippen LogP contribution in [0.2, 0.25) is 0 Å². The van der Waals surface area contributed by atoms with Crippen LogP contribution in [0.15, 0.2) is 170 Å². The molecular formula is C53H34F12FeO7P2Ru3S. The minimum absolute atomic E-state index is 0.